The molecular weight excluding hydrogens is 496 g/mol. The number of rotatable bonds is 10. The third kappa shape index (κ3) is 10.8. The van der Waals surface area contributed by atoms with E-state index in [1.54, 1.807) is 72.8 Å². The average molecular weight is 515 g/mol. The molecule has 2 aromatic carbocycles. The Balaban J connectivity index is 2.01. The van der Waals surface area contributed by atoms with Crippen molar-refractivity contribution >= 4 is 43.8 Å². The zero-order chi connectivity index (χ0) is 25.9. The van der Waals surface area contributed by atoms with Crippen molar-refractivity contribution in [3.63, 3.8) is 0 Å². The first kappa shape index (κ1) is 26.8. The molecule has 2 rings (SSSR count). The molecule has 35 heavy (non-hydrogen) atoms. The first-order valence-corrected chi connectivity index (χ1v) is 13.1. The Hall–Kier alpha value is -4.46. The molecule has 0 amide bonds. The Morgan fingerprint density at radius 2 is 1.06 bits per heavy atom. The van der Waals surface area contributed by atoms with Crippen molar-refractivity contribution < 1.29 is 30.1 Å². The van der Waals surface area contributed by atoms with Gasteiger partial charge in [-0.05, 0) is 47.5 Å². The van der Waals surface area contributed by atoms with Crippen molar-refractivity contribution in [1.82, 2.24) is 0 Å². The SMILES string of the molecule is CS(=O)(=O)O/N=C(C#N)/C=C/c1ccc(Oc2ccc(/C=C/C(C#N)=N/OS(C)(=O)=O)cc2)cc1. The van der Waals surface area contributed by atoms with Crippen LogP contribution in [0.2, 0.25) is 0 Å². The lowest BCUT2D eigenvalue weighted by atomic mass is 10.2. The zero-order valence-corrected chi connectivity index (χ0v) is 20.0. The third-order valence-corrected chi connectivity index (χ3v) is 4.32. The van der Waals surface area contributed by atoms with E-state index in [0.717, 1.165) is 12.5 Å². The van der Waals surface area contributed by atoms with E-state index in [2.05, 4.69) is 18.9 Å². The molecule has 2 aromatic rings. The van der Waals surface area contributed by atoms with Crippen LogP contribution in [0.15, 0.2) is 71.0 Å². The maximum Gasteiger partial charge on any atom is 0.325 e. The number of allylic oxidation sites excluding steroid dienone is 2. The molecule has 0 aliphatic carbocycles. The predicted octanol–water partition coefficient (Wildman–Crippen LogP) is 3.22. The molecule has 0 heterocycles. The molecule has 0 N–H and O–H groups in total. The van der Waals surface area contributed by atoms with Crippen LogP contribution in [-0.4, -0.2) is 40.8 Å². The van der Waals surface area contributed by atoms with Crippen molar-refractivity contribution in [3.8, 4) is 23.6 Å². The highest BCUT2D eigenvalue weighted by Crippen LogP contribution is 2.23. The van der Waals surface area contributed by atoms with E-state index in [1.165, 1.54) is 12.2 Å². The summed E-state index contributed by atoms with van der Waals surface area (Å²) in [4.78, 5) is 0. The highest BCUT2D eigenvalue weighted by Gasteiger charge is 2.03. The minimum atomic E-state index is -3.80. The molecule has 180 valence electrons. The number of oxime groups is 2. The Morgan fingerprint density at radius 3 is 1.34 bits per heavy atom. The molecule has 0 unspecified atom stereocenters. The van der Waals surface area contributed by atoms with Gasteiger partial charge >= 0.3 is 20.2 Å². The first-order chi connectivity index (χ1) is 16.5. The van der Waals surface area contributed by atoms with Crippen molar-refractivity contribution in [1.29, 1.82) is 10.5 Å². The monoisotopic (exact) mass is 514 g/mol. The zero-order valence-electron chi connectivity index (χ0n) is 18.4. The van der Waals surface area contributed by atoms with E-state index in [-0.39, 0.29) is 11.4 Å². The summed E-state index contributed by atoms with van der Waals surface area (Å²) in [5.74, 6) is 1.08. The number of ether oxygens (including phenoxy) is 1. The van der Waals surface area contributed by atoms with E-state index in [1.807, 2.05) is 0 Å². The molecule has 0 bridgehead atoms. The maximum absolute atomic E-state index is 10.9. The second kappa shape index (κ2) is 12.1. The van der Waals surface area contributed by atoms with Gasteiger partial charge < -0.3 is 4.74 Å². The maximum atomic E-state index is 10.9. The van der Waals surface area contributed by atoms with Crippen LogP contribution in [0.5, 0.6) is 11.5 Å². The summed E-state index contributed by atoms with van der Waals surface area (Å²) in [6.07, 6.45) is 7.36. The Morgan fingerprint density at radius 1 is 0.714 bits per heavy atom. The lowest BCUT2D eigenvalue weighted by Gasteiger charge is -2.06. The summed E-state index contributed by atoms with van der Waals surface area (Å²) < 4.78 is 58.0. The molecule has 0 saturated heterocycles. The van der Waals surface area contributed by atoms with Crippen LogP contribution in [0, 0.1) is 22.7 Å². The van der Waals surface area contributed by atoms with Gasteiger partial charge in [-0.2, -0.15) is 27.4 Å². The summed E-state index contributed by atoms with van der Waals surface area (Å²) in [6.45, 7) is 0. The summed E-state index contributed by atoms with van der Waals surface area (Å²) in [6, 6.07) is 17.1. The van der Waals surface area contributed by atoms with Crippen LogP contribution in [0.3, 0.4) is 0 Å². The Kier molecular flexibility index (Phi) is 9.28. The fourth-order valence-electron chi connectivity index (χ4n) is 2.17. The number of benzene rings is 2. The van der Waals surface area contributed by atoms with Gasteiger partial charge in [0.25, 0.3) is 0 Å². The molecule has 0 aromatic heterocycles. The van der Waals surface area contributed by atoms with Crippen LogP contribution in [0.1, 0.15) is 11.1 Å². The second-order valence-electron chi connectivity index (χ2n) is 6.64. The van der Waals surface area contributed by atoms with Crippen LogP contribution in [-0.2, 0) is 28.8 Å². The fraction of sp³-hybridized carbons (Fsp3) is 0.0909. The topological polar surface area (TPSA) is 168 Å². The number of hydrogen-bond donors (Lipinski definition) is 0. The molecule has 0 fully saturated rings. The van der Waals surface area contributed by atoms with Gasteiger partial charge in [0.05, 0.1) is 12.5 Å². The molecule has 0 aliphatic rings. The largest absolute Gasteiger partial charge is 0.457 e. The normalized spacial score (nSPS) is 12.8. The molecule has 0 aliphatic heterocycles. The van der Waals surface area contributed by atoms with E-state index >= 15 is 0 Å². The lowest BCUT2D eigenvalue weighted by Crippen LogP contribution is -1.99. The number of hydrogen-bond acceptors (Lipinski definition) is 11. The first-order valence-electron chi connectivity index (χ1n) is 9.45. The molecule has 0 saturated carbocycles. The van der Waals surface area contributed by atoms with E-state index in [9.17, 15) is 16.8 Å². The quantitative estimate of drug-likeness (QED) is 0.341. The fourth-order valence-corrected chi connectivity index (χ4v) is 2.60. The summed E-state index contributed by atoms with van der Waals surface area (Å²) in [5.41, 5.74) is 0.965. The molecule has 0 radical (unpaired) electrons. The van der Waals surface area contributed by atoms with Crippen LogP contribution < -0.4 is 4.74 Å². The second-order valence-corrected chi connectivity index (χ2v) is 9.76. The van der Waals surface area contributed by atoms with Gasteiger partial charge in [0.15, 0.2) is 11.4 Å². The predicted molar refractivity (Wildman–Crippen MR) is 129 cm³/mol. The van der Waals surface area contributed by atoms with Gasteiger partial charge in [0.2, 0.25) is 0 Å². The van der Waals surface area contributed by atoms with E-state index in [0.29, 0.717) is 22.6 Å². The Labute approximate surface area is 202 Å². The van der Waals surface area contributed by atoms with Crippen molar-refractivity contribution in [3.05, 3.63) is 71.8 Å². The van der Waals surface area contributed by atoms with Gasteiger partial charge in [0.1, 0.15) is 23.6 Å². The Bertz CT molecular complexity index is 1350. The molecule has 0 spiro atoms. The molecular formula is C22H18N4O7S2. The minimum Gasteiger partial charge on any atom is -0.457 e. The van der Waals surface area contributed by atoms with E-state index in [4.69, 9.17) is 15.3 Å². The standard InChI is InChI=1S/C22H18N4O7S2/c1-34(27,28)32-25-19(15-23)9-3-17-5-11-21(12-6-17)31-22-13-7-18(8-14-22)4-10-20(16-24)26-33-35(2,29)30/h3-14H,1-2H3/b9-3+,10-4+,25-19-,26-20-. The van der Waals surface area contributed by atoms with E-state index < -0.39 is 20.2 Å². The van der Waals surface area contributed by atoms with Crippen LogP contribution in [0.4, 0.5) is 0 Å². The summed E-state index contributed by atoms with van der Waals surface area (Å²) in [5, 5.41) is 24.5. The van der Waals surface area contributed by atoms with Crippen LogP contribution in [0.25, 0.3) is 12.2 Å². The smallest absolute Gasteiger partial charge is 0.325 e. The highest BCUT2D eigenvalue weighted by molar-refractivity contribution is 7.86. The van der Waals surface area contributed by atoms with Crippen molar-refractivity contribution in [2.45, 2.75) is 0 Å². The van der Waals surface area contributed by atoms with Gasteiger partial charge in [0, 0.05) is 0 Å². The van der Waals surface area contributed by atoms with Gasteiger partial charge in [-0.15, -0.1) is 0 Å². The highest BCUT2D eigenvalue weighted by atomic mass is 32.2. The summed E-state index contributed by atoms with van der Waals surface area (Å²) in [7, 11) is -7.60. The third-order valence-electron chi connectivity index (χ3n) is 3.63. The van der Waals surface area contributed by atoms with Gasteiger partial charge in [-0.1, -0.05) is 46.7 Å². The van der Waals surface area contributed by atoms with Crippen LogP contribution >= 0.6 is 0 Å². The molecule has 11 nitrogen and oxygen atoms in total. The summed E-state index contributed by atoms with van der Waals surface area (Å²) >= 11 is 0. The minimum absolute atomic E-state index is 0.221. The van der Waals surface area contributed by atoms with Gasteiger partial charge in [-0.3, -0.25) is 8.57 Å². The molecule has 13 heteroatoms. The van der Waals surface area contributed by atoms with Gasteiger partial charge in [-0.25, -0.2) is 0 Å². The molecule has 0 atom stereocenters. The number of nitrogens with zero attached hydrogens (tertiary/aromatic N) is 4. The van der Waals surface area contributed by atoms with Crippen molar-refractivity contribution in [2.75, 3.05) is 12.5 Å². The number of nitriles is 2. The average Bonchev–Trinajstić information content (AvgIpc) is 2.80. The van der Waals surface area contributed by atoms with Crippen molar-refractivity contribution in [2.24, 2.45) is 10.3 Å². The lowest BCUT2D eigenvalue weighted by molar-refractivity contribution is 0.343.